The molecule has 5 nitrogen and oxygen atoms in total. The Morgan fingerprint density at radius 3 is 2.46 bits per heavy atom. The Kier molecular flexibility index (Phi) is 6.37. The van der Waals surface area contributed by atoms with Crippen LogP contribution in [0.4, 0.5) is 0 Å². The molecule has 24 heavy (non-hydrogen) atoms. The van der Waals surface area contributed by atoms with E-state index in [1.54, 1.807) is 0 Å². The average Bonchev–Trinajstić information content (AvgIpc) is 2.95. The van der Waals surface area contributed by atoms with E-state index in [0.717, 1.165) is 23.3 Å². The topological polar surface area (TPSA) is 67.4 Å². The fourth-order valence-corrected chi connectivity index (χ4v) is 3.14. The highest BCUT2D eigenvalue weighted by molar-refractivity contribution is 7.14. The van der Waals surface area contributed by atoms with Crippen LogP contribution < -0.4 is 15.6 Å². The summed E-state index contributed by atoms with van der Waals surface area (Å²) in [5.74, 6) is 0.133. The first kappa shape index (κ1) is 18.0. The Balaban J connectivity index is 1.72. The van der Waals surface area contributed by atoms with Gasteiger partial charge < -0.3 is 4.74 Å². The van der Waals surface area contributed by atoms with Crippen LogP contribution >= 0.6 is 11.3 Å². The van der Waals surface area contributed by atoms with Crippen LogP contribution in [0, 0.1) is 13.8 Å². The summed E-state index contributed by atoms with van der Waals surface area (Å²) in [4.78, 5) is 25.5. The lowest BCUT2D eigenvalue weighted by atomic mass is 10.2. The summed E-state index contributed by atoms with van der Waals surface area (Å²) < 4.78 is 5.49. The van der Waals surface area contributed by atoms with Gasteiger partial charge in [-0.2, -0.15) is 0 Å². The lowest BCUT2D eigenvalue weighted by molar-refractivity contribution is -0.122. The van der Waals surface area contributed by atoms with E-state index in [-0.39, 0.29) is 24.8 Å². The highest BCUT2D eigenvalue weighted by Crippen LogP contribution is 2.21. The molecule has 0 spiro atoms. The zero-order chi connectivity index (χ0) is 17.5. The smallest absolute Gasteiger partial charge is 0.279 e. The van der Waals surface area contributed by atoms with E-state index in [2.05, 4.69) is 17.8 Å². The fraction of sp³-hybridized carbons (Fsp3) is 0.333. The van der Waals surface area contributed by atoms with Crippen LogP contribution in [0.5, 0.6) is 5.75 Å². The standard InChI is InChI=1S/C18H22N2O3S/c1-4-15-13(3)11-16(24-15)18(22)20-19-17(21)9-10-23-14-7-5-12(2)6-8-14/h5-8,11H,4,9-10H2,1-3H3,(H,19,21)(H,20,22). The van der Waals surface area contributed by atoms with Gasteiger partial charge in [0.2, 0.25) is 5.91 Å². The van der Waals surface area contributed by atoms with E-state index < -0.39 is 0 Å². The zero-order valence-corrected chi connectivity index (χ0v) is 15.0. The van der Waals surface area contributed by atoms with Crippen LogP contribution in [0.25, 0.3) is 0 Å². The molecule has 1 heterocycles. The van der Waals surface area contributed by atoms with Crippen molar-refractivity contribution in [3.8, 4) is 5.75 Å². The van der Waals surface area contributed by atoms with Gasteiger partial charge >= 0.3 is 0 Å². The van der Waals surface area contributed by atoms with E-state index in [1.165, 1.54) is 16.2 Å². The summed E-state index contributed by atoms with van der Waals surface area (Å²) in [6.07, 6.45) is 1.06. The third-order valence-electron chi connectivity index (χ3n) is 3.50. The van der Waals surface area contributed by atoms with Gasteiger partial charge in [-0.1, -0.05) is 24.6 Å². The Morgan fingerprint density at radius 1 is 1.12 bits per heavy atom. The van der Waals surface area contributed by atoms with Gasteiger partial charge in [-0.15, -0.1) is 11.3 Å². The fourth-order valence-electron chi connectivity index (χ4n) is 2.13. The molecule has 0 unspecified atom stereocenters. The molecule has 128 valence electrons. The van der Waals surface area contributed by atoms with E-state index in [1.807, 2.05) is 44.2 Å². The normalized spacial score (nSPS) is 10.3. The number of carbonyl (C=O) groups excluding carboxylic acids is 2. The molecule has 2 N–H and O–H groups in total. The molecule has 0 saturated heterocycles. The van der Waals surface area contributed by atoms with Crippen molar-refractivity contribution in [2.75, 3.05) is 6.61 Å². The van der Waals surface area contributed by atoms with Gasteiger partial charge in [-0.25, -0.2) is 0 Å². The molecule has 0 radical (unpaired) electrons. The minimum Gasteiger partial charge on any atom is -0.493 e. The molecule has 1 aromatic carbocycles. The van der Waals surface area contributed by atoms with E-state index in [4.69, 9.17) is 4.74 Å². The second kappa shape index (κ2) is 8.49. The lowest BCUT2D eigenvalue weighted by Crippen LogP contribution is -2.41. The molecule has 0 atom stereocenters. The van der Waals surface area contributed by atoms with Crippen molar-refractivity contribution in [2.45, 2.75) is 33.6 Å². The predicted octanol–water partition coefficient (Wildman–Crippen LogP) is 3.16. The Morgan fingerprint density at radius 2 is 1.83 bits per heavy atom. The van der Waals surface area contributed by atoms with Gasteiger partial charge in [-0.05, 0) is 44.0 Å². The van der Waals surface area contributed by atoms with Gasteiger partial charge in [0.15, 0.2) is 0 Å². The van der Waals surface area contributed by atoms with Crippen LogP contribution in [0.15, 0.2) is 30.3 Å². The minimum atomic E-state index is -0.296. The number of ether oxygens (including phenoxy) is 1. The second-order valence-electron chi connectivity index (χ2n) is 5.48. The van der Waals surface area contributed by atoms with E-state index >= 15 is 0 Å². The SMILES string of the molecule is CCc1sc(C(=O)NNC(=O)CCOc2ccc(C)cc2)cc1C. The first-order valence-corrected chi connectivity index (χ1v) is 8.69. The molecule has 2 rings (SSSR count). The number of rotatable bonds is 6. The summed E-state index contributed by atoms with van der Waals surface area (Å²) in [5, 5.41) is 0. The lowest BCUT2D eigenvalue weighted by Gasteiger charge is -2.08. The highest BCUT2D eigenvalue weighted by atomic mass is 32.1. The van der Waals surface area contributed by atoms with Gasteiger partial charge in [-0.3, -0.25) is 20.4 Å². The summed E-state index contributed by atoms with van der Waals surface area (Å²) in [7, 11) is 0. The Bertz CT molecular complexity index is 708. The van der Waals surface area contributed by atoms with E-state index in [0.29, 0.717) is 4.88 Å². The van der Waals surface area contributed by atoms with E-state index in [9.17, 15) is 9.59 Å². The zero-order valence-electron chi connectivity index (χ0n) is 14.1. The van der Waals surface area contributed by atoms with Crippen LogP contribution in [0.2, 0.25) is 0 Å². The van der Waals surface area contributed by atoms with Gasteiger partial charge in [0.05, 0.1) is 17.9 Å². The number of nitrogens with one attached hydrogen (secondary N) is 2. The molecule has 0 aliphatic rings. The summed E-state index contributed by atoms with van der Waals surface area (Å²) in [6, 6.07) is 9.46. The molecule has 1 aromatic heterocycles. The van der Waals surface area contributed by atoms with Gasteiger partial charge in [0.1, 0.15) is 5.75 Å². The maximum atomic E-state index is 12.0. The minimum absolute atomic E-state index is 0.165. The molecule has 2 aromatic rings. The van der Waals surface area contributed by atoms with Crippen LogP contribution in [0.3, 0.4) is 0 Å². The van der Waals surface area contributed by atoms with Crippen LogP contribution in [-0.4, -0.2) is 18.4 Å². The van der Waals surface area contributed by atoms with Crippen molar-refractivity contribution >= 4 is 23.2 Å². The largest absolute Gasteiger partial charge is 0.493 e. The third kappa shape index (κ3) is 5.09. The van der Waals surface area contributed by atoms with Crippen molar-refractivity contribution in [1.82, 2.24) is 10.9 Å². The summed E-state index contributed by atoms with van der Waals surface area (Å²) in [6.45, 7) is 6.28. The number of hydrogen-bond acceptors (Lipinski definition) is 4. The first-order chi connectivity index (χ1) is 11.5. The van der Waals surface area contributed by atoms with Crippen LogP contribution in [0.1, 0.15) is 39.0 Å². The predicted molar refractivity (Wildman–Crippen MR) is 95.3 cm³/mol. The summed E-state index contributed by atoms with van der Waals surface area (Å²) >= 11 is 1.45. The first-order valence-electron chi connectivity index (χ1n) is 7.87. The molecule has 6 heteroatoms. The Labute approximate surface area is 146 Å². The third-order valence-corrected chi connectivity index (χ3v) is 4.88. The van der Waals surface area contributed by atoms with Crippen molar-refractivity contribution in [2.24, 2.45) is 0 Å². The van der Waals surface area contributed by atoms with Gasteiger partial charge in [0, 0.05) is 4.88 Å². The highest BCUT2D eigenvalue weighted by Gasteiger charge is 2.12. The average molecular weight is 346 g/mol. The molecule has 0 bridgehead atoms. The molecule has 0 fully saturated rings. The molecular weight excluding hydrogens is 324 g/mol. The number of thiophene rings is 1. The number of carbonyl (C=O) groups is 2. The maximum absolute atomic E-state index is 12.0. The van der Waals surface area contributed by atoms with Crippen molar-refractivity contribution in [3.05, 3.63) is 51.2 Å². The number of aryl methyl sites for hydroxylation is 3. The van der Waals surface area contributed by atoms with Crippen LogP contribution in [-0.2, 0) is 11.2 Å². The Hall–Kier alpha value is -2.34. The summed E-state index contributed by atoms with van der Waals surface area (Å²) in [5.41, 5.74) is 7.10. The molecular formula is C18H22N2O3S. The maximum Gasteiger partial charge on any atom is 0.279 e. The van der Waals surface area contributed by atoms with Gasteiger partial charge in [0.25, 0.3) is 5.91 Å². The molecule has 0 aliphatic heterocycles. The quantitative estimate of drug-likeness (QED) is 0.790. The molecule has 0 aliphatic carbocycles. The molecule has 2 amide bonds. The number of benzene rings is 1. The van der Waals surface area contributed by atoms with Crippen molar-refractivity contribution in [3.63, 3.8) is 0 Å². The number of hydrazine groups is 1. The molecule has 0 saturated carbocycles. The second-order valence-corrected chi connectivity index (χ2v) is 6.62. The van der Waals surface area contributed by atoms with Crippen molar-refractivity contribution in [1.29, 1.82) is 0 Å². The van der Waals surface area contributed by atoms with Crippen molar-refractivity contribution < 1.29 is 14.3 Å². The monoisotopic (exact) mass is 346 g/mol. The number of amides is 2. The number of hydrogen-bond donors (Lipinski definition) is 2.